The highest BCUT2D eigenvalue weighted by molar-refractivity contribution is 5.03. The summed E-state index contributed by atoms with van der Waals surface area (Å²) in [5.41, 5.74) is 1.23. The molecule has 0 fully saturated rings. The second-order valence-corrected chi connectivity index (χ2v) is 5.35. The average molecular weight is 290 g/mol. The smallest absolute Gasteiger partial charge is 0.272 e. The molecule has 5 heteroatoms. The standard InChI is InChI=1S/C15H25F3N2/c1-2-3-4-6-9-14-12-19-20(13-14)11-8-5-7-10-15(16,17)18/h12-13H,2-11H2,1H3. The van der Waals surface area contributed by atoms with Crippen LogP contribution in [0.25, 0.3) is 0 Å². The highest BCUT2D eigenvalue weighted by Crippen LogP contribution is 2.22. The second-order valence-electron chi connectivity index (χ2n) is 5.35. The van der Waals surface area contributed by atoms with Crippen LogP contribution in [0.15, 0.2) is 12.4 Å². The Hall–Kier alpha value is -1.00. The topological polar surface area (TPSA) is 17.8 Å². The number of hydrogen-bond donors (Lipinski definition) is 0. The maximum atomic E-state index is 12.0. The van der Waals surface area contributed by atoms with Crippen molar-refractivity contribution in [2.24, 2.45) is 0 Å². The zero-order valence-electron chi connectivity index (χ0n) is 12.3. The van der Waals surface area contributed by atoms with Crippen LogP contribution in [0.3, 0.4) is 0 Å². The van der Waals surface area contributed by atoms with Crippen molar-refractivity contribution >= 4 is 0 Å². The third-order valence-electron chi connectivity index (χ3n) is 3.35. The van der Waals surface area contributed by atoms with E-state index in [2.05, 4.69) is 12.0 Å². The highest BCUT2D eigenvalue weighted by Gasteiger charge is 2.25. The molecule has 20 heavy (non-hydrogen) atoms. The summed E-state index contributed by atoms with van der Waals surface area (Å²) in [5, 5.41) is 4.26. The van der Waals surface area contributed by atoms with Crippen LogP contribution < -0.4 is 0 Å². The maximum Gasteiger partial charge on any atom is 0.389 e. The van der Waals surface area contributed by atoms with Gasteiger partial charge in [-0.25, -0.2) is 0 Å². The molecule has 0 atom stereocenters. The minimum absolute atomic E-state index is 0.217. The first kappa shape index (κ1) is 17.1. The molecular formula is C15H25F3N2. The van der Waals surface area contributed by atoms with Crippen molar-refractivity contribution in [3.8, 4) is 0 Å². The SMILES string of the molecule is CCCCCCc1cnn(CCCCCC(F)(F)F)c1. The Bertz CT molecular complexity index is 358. The quantitative estimate of drug-likeness (QED) is 0.546. The second kappa shape index (κ2) is 9.03. The first-order chi connectivity index (χ1) is 9.51. The van der Waals surface area contributed by atoms with E-state index in [-0.39, 0.29) is 6.42 Å². The van der Waals surface area contributed by atoms with E-state index >= 15 is 0 Å². The first-order valence-electron chi connectivity index (χ1n) is 7.59. The lowest BCUT2D eigenvalue weighted by Gasteiger charge is -2.05. The highest BCUT2D eigenvalue weighted by atomic mass is 19.4. The van der Waals surface area contributed by atoms with E-state index in [1.807, 2.05) is 17.1 Å². The summed E-state index contributed by atoms with van der Waals surface area (Å²) < 4.78 is 37.7. The summed E-state index contributed by atoms with van der Waals surface area (Å²) in [7, 11) is 0. The van der Waals surface area contributed by atoms with Crippen LogP contribution in [-0.2, 0) is 13.0 Å². The van der Waals surface area contributed by atoms with E-state index < -0.39 is 12.6 Å². The van der Waals surface area contributed by atoms with Gasteiger partial charge < -0.3 is 0 Å². The average Bonchev–Trinajstić information content (AvgIpc) is 2.81. The largest absolute Gasteiger partial charge is 0.389 e. The Morgan fingerprint density at radius 1 is 1.05 bits per heavy atom. The Morgan fingerprint density at radius 2 is 1.80 bits per heavy atom. The summed E-state index contributed by atoms with van der Waals surface area (Å²) in [4.78, 5) is 0. The molecule has 116 valence electrons. The summed E-state index contributed by atoms with van der Waals surface area (Å²) in [6.07, 6.45) is 6.78. The zero-order chi connectivity index (χ0) is 14.8. The van der Waals surface area contributed by atoms with Gasteiger partial charge in [0.1, 0.15) is 0 Å². The summed E-state index contributed by atoms with van der Waals surface area (Å²) in [5.74, 6) is 0. The van der Waals surface area contributed by atoms with Crippen molar-refractivity contribution in [3.63, 3.8) is 0 Å². The number of unbranched alkanes of at least 4 members (excludes halogenated alkanes) is 5. The Morgan fingerprint density at radius 3 is 2.50 bits per heavy atom. The van der Waals surface area contributed by atoms with E-state index in [0.717, 1.165) is 12.8 Å². The molecular weight excluding hydrogens is 265 g/mol. The first-order valence-corrected chi connectivity index (χ1v) is 7.59. The normalized spacial score (nSPS) is 12.0. The fourth-order valence-electron chi connectivity index (χ4n) is 2.19. The van der Waals surface area contributed by atoms with E-state index in [1.54, 1.807) is 0 Å². The van der Waals surface area contributed by atoms with Gasteiger partial charge in [-0.1, -0.05) is 32.6 Å². The van der Waals surface area contributed by atoms with Gasteiger partial charge in [-0.2, -0.15) is 18.3 Å². The van der Waals surface area contributed by atoms with Crippen molar-refractivity contribution in [3.05, 3.63) is 18.0 Å². The molecule has 1 aromatic heterocycles. The molecule has 0 aliphatic carbocycles. The van der Waals surface area contributed by atoms with E-state index in [9.17, 15) is 13.2 Å². The van der Waals surface area contributed by atoms with Crippen molar-refractivity contribution in [2.45, 2.75) is 77.4 Å². The number of nitrogens with zero attached hydrogens (tertiary/aromatic N) is 2. The maximum absolute atomic E-state index is 12.0. The number of halogens is 3. The van der Waals surface area contributed by atoms with Crippen LogP contribution >= 0.6 is 0 Å². The number of hydrogen-bond acceptors (Lipinski definition) is 1. The van der Waals surface area contributed by atoms with Gasteiger partial charge in [0.15, 0.2) is 0 Å². The Kier molecular flexibility index (Phi) is 7.70. The molecule has 0 saturated heterocycles. The summed E-state index contributed by atoms with van der Waals surface area (Å²) in [6.45, 7) is 2.91. The van der Waals surface area contributed by atoms with Crippen LogP contribution in [0.2, 0.25) is 0 Å². The molecule has 0 saturated carbocycles. The fourth-order valence-corrected chi connectivity index (χ4v) is 2.19. The van der Waals surface area contributed by atoms with Crippen molar-refractivity contribution in [1.29, 1.82) is 0 Å². The third kappa shape index (κ3) is 8.23. The summed E-state index contributed by atoms with van der Waals surface area (Å²) >= 11 is 0. The van der Waals surface area contributed by atoms with Crippen molar-refractivity contribution in [2.75, 3.05) is 0 Å². The van der Waals surface area contributed by atoms with Gasteiger partial charge in [0.25, 0.3) is 0 Å². The molecule has 0 spiro atoms. The fraction of sp³-hybridized carbons (Fsp3) is 0.800. The molecule has 0 amide bonds. The molecule has 0 aliphatic rings. The lowest BCUT2D eigenvalue weighted by molar-refractivity contribution is -0.135. The molecule has 1 heterocycles. The molecule has 0 aromatic carbocycles. The molecule has 0 aliphatic heterocycles. The minimum atomic E-state index is -4.02. The lowest BCUT2D eigenvalue weighted by Crippen LogP contribution is -2.06. The molecule has 2 nitrogen and oxygen atoms in total. The minimum Gasteiger partial charge on any atom is -0.272 e. The lowest BCUT2D eigenvalue weighted by atomic mass is 10.1. The van der Waals surface area contributed by atoms with Gasteiger partial charge in [0.05, 0.1) is 6.20 Å². The van der Waals surface area contributed by atoms with E-state index in [0.29, 0.717) is 13.0 Å². The number of aromatic nitrogens is 2. The molecule has 0 N–H and O–H groups in total. The van der Waals surface area contributed by atoms with Crippen LogP contribution in [0, 0.1) is 0 Å². The number of aryl methyl sites for hydroxylation is 2. The van der Waals surface area contributed by atoms with Crippen LogP contribution in [-0.4, -0.2) is 16.0 Å². The molecule has 0 unspecified atom stereocenters. The van der Waals surface area contributed by atoms with Crippen LogP contribution in [0.5, 0.6) is 0 Å². The number of rotatable bonds is 10. The van der Waals surface area contributed by atoms with E-state index in [1.165, 1.54) is 31.2 Å². The predicted molar refractivity (Wildman–Crippen MR) is 74.6 cm³/mol. The monoisotopic (exact) mass is 290 g/mol. The molecule has 1 rings (SSSR count). The van der Waals surface area contributed by atoms with Gasteiger partial charge in [-0.05, 0) is 31.2 Å². The van der Waals surface area contributed by atoms with Crippen molar-refractivity contribution in [1.82, 2.24) is 9.78 Å². The molecule has 0 radical (unpaired) electrons. The Balaban J connectivity index is 2.11. The number of alkyl halides is 3. The van der Waals surface area contributed by atoms with Gasteiger partial charge in [0, 0.05) is 19.2 Å². The van der Waals surface area contributed by atoms with Gasteiger partial charge in [-0.15, -0.1) is 0 Å². The van der Waals surface area contributed by atoms with E-state index in [4.69, 9.17) is 0 Å². The molecule has 1 aromatic rings. The third-order valence-corrected chi connectivity index (χ3v) is 3.35. The zero-order valence-corrected chi connectivity index (χ0v) is 12.3. The predicted octanol–water partition coefficient (Wildman–Crippen LogP) is 5.13. The molecule has 0 bridgehead atoms. The van der Waals surface area contributed by atoms with Gasteiger partial charge in [0.2, 0.25) is 0 Å². The van der Waals surface area contributed by atoms with Crippen LogP contribution in [0.4, 0.5) is 13.2 Å². The van der Waals surface area contributed by atoms with Gasteiger partial charge in [-0.3, -0.25) is 4.68 Å². The van der Waals surface area contributed by atoms with Gasteiger partial charge >= 0.3 is 6.18 Å². The Labute approximate surface area is 119 Å². The summed E-state index contributed by atoms with van der Waals surface area (Å²) in [6, 6.07) is 0. The van der Waals surface area contributed by atoms with Crippen LogP contribution in [0.1, 0.15) is 63.9 Å². The van der Waals surface area contributed by atoms with Crippen molar-refractivity contribution < 1.29 is 13.2 Å².